The van der Waals surface area contributed by atoms with E-state index in [9.17, 15) is 14.7 Å². The molecule has 3 rings (SSSR count). The van der Waals surface area contributed by atoms with Crippen LogP contribution in [0.3, 0.4) is 0 Å². The van der Waals surface area contributed by atoms with Crippen molar-refractivity contribution in [1.29, 1.82) is 0 Å². The van der Waals surface area contributed by atoms with Gasteiger partial charge in [-0.1, -0.05) is 98.8 Å². The predicted molar refractivity (Wildman–Crippen MR) is 131 cm³/mol. The number of hydrogen-bond acceptors (Lipinski definition) is 4. The Bertz CT molecular complexity index is 1100. The zero-order valence-corrected chi connectivity index (χ0v) is 20.1. The van der Waals surface area contributed by atoms with E-state index in [1.54, 1.807) is 12.1 Å². The summed E-state index contributed by atoms with van der Waals surface area (Å²) in [7, 11) is 0. The third kappa shape index (κ3) is 7.94. The maximum absolute atomic E-state index is 12.4. The van der Waals surface area contributed by atoms with Crippen molar-refractivity contribution < 1.29 is 31.2 Å². The minimum Gasteiger partial charge on any atom is -0.625 e. The first-order chi connectivity index (χ1) is 15.9. The summed E-state index contributed by atoms with van der Waals surface area (Å²) in [5, 5.41) is 17.3. The second-order valence-corrected chi connectivity index (χ2v) is 7.95. The molecule has 34 heavy (non-hydrogen) atoms. The topological polar surface area (TPSA) is 92.9 Å². The van der Waals surface area contributed by atoms with Crippen molar-refractivity contribution in [2.24, 2.45) is 4.99 Å². The number of nitrogens with zero attached hydrogens (tertiary/aromatic N) is 2. The van der Waals surface area contributed by atoms with Crippen molar-refractivity contribution in [3.05, 3.63) is 107 Å². The Morgan fingerprint density at radius 3 is 2.12 bits per heavy atom. The van der Waals surface area contributed by atoms with Crippen molar-refractivity contribution in [2.75, 3.05) is 6.54 Å². The van der Waals surface area contributed by atoms with Crippen LogP contribution in [0.4, 0.5) is 5.69 Å². The summed E-state index contributed by atoms with van der Waals surface area (Å²) in [5.41, 5.74) is 3.20. The number of carbonyl (C=O) groups is 2. The molecule has 0 saturated heterocycles. The number of hydrogen-bond donors (Lipinski definition) is 2. The Morgan fingerprint density at radius 1 is 0.912 bits per heavy atom. The van der Waals surface area contributed by atoms with Crippen LogP contribution in [-0.2, 0) is 32.5 Å². The summed E-state index contributed by atoms with van der Waals surface area (Å²) in [4.78, 5) is 29.2. The molecule has 6 nitrogen and oxygen atoms in total. The second-order valence-electron chi connectivity index (χ2n) is 7.95. The van der Waals surface area contributed by atoms with E-state index in [2.05, 4.69) is 15.6 Å². The van der Waals surface area contributed by atoms with Gasteiger partial charge in [-0.05, 0) is 11.1 Å². The first kappa shape index (κ1) is 27.0. The van der Waals surface area contributed by atoms with Crippen LogP contribution in [0.15, 0.2) is 89.9 Å². The molecule has 0 saturated carbocycles. The molecule has 0 aliphatic rings. The number of carboxylic acid groups (broad SMARTS) is 1. The Balaban J connectivity index is 0.00000408. The van der Waals surface area contributed by atoms with Crippen LogP contribution >= 0.6 is 0 Å². The fourth-order valence-corrected chi connectivity index (χ4v) is 3.31. The molecule has 0 bridgehead atoms. The van der Waals surface area contributed by atoms with Gasteiger partial charge < -0.3 is 20.5 Å². The number of amides is 1. The minimum atomic E-state index is -1.01. The zero-order chi connectivity index (χ0) is 23.6. The fourth-order valence-electron chi connectivity index (χ4n) is 3.31. The molecule has 1 atom stereocenters. The summed E-state index contributed by atoms with van der Waals surface area (Å²) in [6.07, 6.45) is 0.253. The number of carboxylic acids is 1. The van der Waals surface area contributed by atoms with Crippen molar-refractivity contribution >= 4 is 23.3 Å². The number of aliphatic carboxylic acids is 1. The van der Waals surface area contributed by atoms with Gasteiger partial charge in [-0.2, -0.15) is 0 Å². The van der Waals surface area contributed by atoms with E-state index in [0.29, 0.717) is 17.0 Å². The molecule has 0 radical (unpaired) electrons. The van der Waals surface area contributed by atoms with Crippen LogP contribution in [0, 0.1) is 0 Å². The molecule has 1 amide bonds. The number of benzene rings is 3. The maximum Gasteiger partial charge on any atom is 0.328 e. The van der Waals surface area contributed by atoms with Crippen LogP contribution in [0.2, 0.25) is 0 Å². The Kier molecular flexibility index (Phi) is 10.7. The Labute approximate surface area is 210 Å². The van der Waals surface area contributed by atoms with Gasteiger partial charge in [-0.25, -0.2) is 4.79 Å². The van der Waals surface area contributed by atoms with E-state index < -0.39 is 12.0 Å². The number of nitrogens with one attached hydrogen (secondary N) is 1. The second kappa shape index (κ2) is 13.4. The average Bonchev–Trinajstić information content (AvgIpc) is 2.82. The van der Waals surface area contributed by atoms with Gasteiger partial charge in [0.2, 0.25) is 0 Å². The Morgan fingerprint density at radius 2 is 1.50 bits per heavy atom. The zero-order valence-electron chi connectivity index (χ0n) is 19.1. The van der Waals surface area contributed by atoms with E-state index in [1.165, 1.54) is 0 Å². The van der Waals surface area contributed by atoms with Gasteiger partial charge in [0.15, 0.2) is 6.04 Å². The number of rotatable bonds is 10. The molecular formula is C27H28N3NiO3-. The third-order valence-corrected chi connectivity index (χ3v) is 4.95. The molecule has 0 fully saturated rings. The average molecular weight is 501 g/mol. The van der Waals surface area contributed by atoms with E-state index in [1.807, 2.05) is 86.6 Å². The smallest absolute Gasteiger partial charge is 0.328 e. The van der Waals surface area contributed by atoms with E-state index in [0.717, 1.165) is 11.1 Å². The normalized spacial score (nSPS) is 12.0. The largest absolute Gasteiger partial charge is 0.625 e. The molecule has 3 aromatic carbocycles. The van der Waals surface area contributed by atoms with Crippen LogP contribution in [0.5, 0.6) is 0 Å². The predicted octanol–water partition coefficient (Wildman–Crippen LogP) is 4.75. The summed E-state index contributed by atoms with van der Waals surface area (Å²) < 4.78 is 0. The van der Waals surface area contributed by atoms with Crippen LogP contribution in [-0.4, -0.2) is 41.3 Å². The quantitative estimate of drug-likeness (QED) is 0.310. The van der Waals surface area contributed by atoms with Crippen molar-refractivity contribution in [3.8, 4) is 0 Å². The molecule has 0 heterocycles. The Hall–Kier alpha value is -3.28. The molecule has 0 aromatic heterocycles. The number of para-hydroxylation sites is 1. The van der Waals surface area contributed by atoms with Crippen LogP contribution in [0.25, 0.3) is 5.32 Å². The summed E-state index contributed by atoms with van der Waals surface area (Å²) in [5.74, 6) is -1.32. The standard InChI is InChI=1S/C27H29N3O3.Ni/c1-19(2)28-18-25(31)29-23-16-10-9-15-22(23)26(21-13-7-4-8-14-21)30-24(27(32)33)17-20-11-5-3-6-12-20;/h3-16,19,24,28H,17-18H2,1-2H3,(H2,29,30,31,32,33);/p-1/t24-;/m0./s1. The van der Waals surface area contributed by atoms with Crippen LogP contribution in [0.1, 0.15) is 30.5 Å². The van der Waals surface area contributed by atoms with Gasteiger partial charge >= 0.3 is 5.97 Å². The molecule has 2 N–H and O–H groups in total. The maximum atomic E-state index is 12.4. The third-order valence-electron chi connectivity index (χ3n) is 4.95. The van der Waals surface area contributed by atoms with Crippen molar-refractivity contribution in [1.82, 2.24) is 5.32 Å². The molecule has 7 heteroatoms. The fraction of sp³-hybridized carbons (Fsp3) is 0.222. The summed E-state index contributed by atoms with van der Waals surface area (Å²) >= 11 is 0. The SMILES string of the molecule is CC(C)NCC(=O)[N-]c1ccccc1C(=N[C@@H](Cc1ccccc1)C(=O)O)c1ccccc1.[Ni]. The van der Waals surface area contributed by atoms with Gasteiger partial charge in [0.1, 0.15) is 0 Å². The number of aliphatic imine (C=N–C) groups is 1. The van der Waals surface area contributed by atoms with Gasteiger partial charge in [-0.15, -0.1) is 5.69 Å². The van der Waals surface area contributed by atoms with Gasteiger partial charge in [0.25, 0.3) is 0 Å². The summed E-state index contributed by atoms with van der Waals surface area (Å²) in [6, 6.07) is 25.1. The van der Waals surface area contributed by atoms with Gasteiger partial charge in [0.05, 0.1) is 11.6 Å². The first-order valence-corrected chi connectivity index (χ1v) is 10.9. The molecule has 0 aliphatic heterocycles. The summed E-state index contributed by atoms with van der Waals surface area (Å²) in [6.45, 7) is 4.04. The van der Waals surface area contributed by atoms with E-state index >= 15 is 0 Å². The molecule has 0 spiro atoms. The van der Waals surface area contributed by atoms with Crippen LogP contribution < -0.4 is 5.32 Å². The molecular weight excluding hydrogens is 473 g/mol. The molecule has 180 valence electrons. The minimum absolute atomic E-state index is 0. The molecule has 0 aliphatic carbocycles. The van der Waals surface area contributed by atoms with Crippen molar-refractivity contribution in [2.45, 2.75) is 32.4 Å². The van der Waals surface area contributed by atoms with Gasteiger partial charge in [0, 0.05) is 41.1 Å². The number of carbonyl (C=O) groups excluding carboxylic acids is 1. The van der Waals surface area contributed by atoms with E-state index in [4.69, 9.17) is 0 Å². The molecule has 3 aromatic rings. The molecule has 0 unspecified atom stereocenters. The first-order valence-electron chi connectivity index (χ1n) is 10.9. The van der Waals surface area contributed by atoms with Crippen molar-refractivity contribution in [3.63, 3.8) is 0 Å². The van der Waals surface area contributed by atoms with E-state index in [-0.39, 0.29) is 41.4 Å². The monoisotopic (exact) mass is 500 g/mol. The van der Waals surface area contributed by atoms with Gasteiger partial charge in [-0.3, -0.25) is 4.99 Å².